The predicted octanol–water partition coefficient (Wildman–Crippen LogP) is 2.30. The van der Waals surface area contributed by atoms with Crippen molar-refractivity contribution in [3.8, 4) is 5.75 Å². The summed E-state index contributed by atoms with van der Waals surface area (Å²) >= 11 is 9.51. The van der Waals surface area contributed by atoms with Crippen molar-refractivity contribution in [1.29, 1.82) is 0 Å². The summed E-state index contributed by atoms with van der Waals surface area (Å²) in [7, 11) is 1.43. The van der Waals surface area contributed by atoms with Gasteiger partial charge in [-0.3, -0.25) is 0 Å². The van der Waals surface area contributed by atoms with E-state index in [1.54, 1.807) is 24.3 Å². The molecule has 9 nitrogen and oxygen atoms in total. The van der Waals surface area contributed by atoms with E-state index in [2.05, 4.69) is 31.2 Å². The summed E-state index contributed by atoms with van der Waals surface area (Å²) in [6.07, 6.45) is -4.78. The van der Waals surface area contributed by atoms with E-state index in [0.717, 1.165) is 4.47 Å². The van der Waals surface area contributed by atoms with Crippen LogP contribution in [0.3, 0.4) is 0 Å². The van der Waals surface area contributed by atoms with E-state index in [1.807, 2.05) is 6.07 Å². The Hall–Kier alpha value is -2.05. The first-order chi connectivity index (χ1) is 15.2. The molecular formula is C21H23BrClN3O6. The van der Waals surface area contributed by atoms with Crippen molar-refractivity contribution in [3.63, 3.8) is 0 Å². The highest BCUT2D eigenvalue weighted by Gasteiger charge is 2.28. The molecule has 2 aromatic carbocycles. The van der Waals surface area contributed by atoms with Gasteiger partial charge in [0.1, 0.15) is 30.1 Å². The zero-order valence-corrected chi connectivity index (χ0v) is 19.3. The number of nitrogens with one attached hydrogen (secondary N) is 1. The lowest BCUT2D eigenvalue weighted by molar-refractivity contribution is -0.0881. The van der Waals surface area contributed by atoms with Crippen molar-refractivity contribution >= 4 is 49.9 Å². The summed E-state index contributed by atoms with van der Waals surface area (Å²) in [5.41, 5.74) is 1.55. The Balaban J connectivity index is 1.92. The molecule has 0 saturated carbocycles. The standard InChI is InChI=1S/C21H23BrClN3O6/c1-32-19-6-11-15(5-12(19)16(28)7-17(29)20(31)18(30)8-27)24-9-25-21(11)26-10-2-3-13(22)14(23)4-10/h2-6,9,16-18,20,27-31H,7-8H2,1H3,(H,24,25,26)/t16?,17-,18+,20+/m0/s1. The summed E-state index contributed by atoms with van der Waals surface area (Å²) in [5.74, 6) is 0.815. The molecule has 1 heterocycles. The minimum atomic E-state index is -1.61. The molecule has 0 aliphatic carbocycles. The van der Waals surface area contributed by atoms with Gasteiger partial charge in [-0.1, -0.05) is 11.6 Å². The number of hydrogen-bond donors (Lipinski definition) is 6. The number of rotatable bonds is 9. The fourth-order valence-electron chi connectivity index (χ4n) is 3.21. The molecule has 0 fully saturated rings. The minimum Gasteiger partial charge on any atom is -0.496 e. The topological polar surface area (TPSA) is 148 Å². The van der Waals surface area contributed by atoms with Gasteiger partial charge in [-0.05, 0) is 46.3 Å². The third-order valence-corrected chi connectivity index (χ3v) is 6.20. The van der Waals surface area contributed by atoms with Crippen LogP contribution in [0.4, 0.5) is 11.5 Å². The van der Waals surface area contributed by atoms with Crippen molar-refractivity contribution in [2.45, 2.75) is 30.8 Å². The number of methoxy groups -OCH3 is 1. The zero-order valence-electron chi connectivity index (χ0n) is 17.0. The molecule has 6 N–H and O–H groups in total. The molecule has 11 heteroatoms. The Morgan fingerprint density at radius 2 is 1.84 bits per heavy atom. The molecule has 0 aliphatic rings. The van der Waals surface area contributed by atoms with Crippen LogP contribution in [0, 0.1) is 0 Å². The maximum absolute atomic E-state index is 10.7. The van der Waals surface area contributed by atoms with Crippen LogP contribution in [0.2, 0.25) is 5.02 Å². The molecule has 4 atom stereocenters. The first-order valence-corrected chi connectivity index (χ1v) is 10.8. The minimum absolute atomic E-state index is 0.298. The van der Waals surface area contributed by atoms with Gasteiger partial charge < -0.3 is 35.6 Å². The average Bonchev–Trinajstić information content (AvgIpc) is 2.79. The second-order valence-corrected chi connectivity index (χ2v) is 8.41. The highest BCUT2D eigenvalue weighted by molar-refractivity contribution is 9.10. The Labute approximate surface area is 197 Å². The lowest BCUT2D eigenvalue weighted by atomic mass is 9.96. The Kier molecular flexibility index (Phi) is 8.23. The van der Waals surface area contributed by atoms with Gasteiger partial charge in [0, 0.05) is 27.5 Å². The van der Waals surface area contributed by atoms with E-state index in [1.165, 1.54) is 13.4 Å². The SMILES string of the molecule is COc1cc2c(Nc3ccc(Br)c(Cl)c3)ncnc2cc1C(O)C[C@H](O)[C@@H](O)[C@H](O)CO. The number of halogens is 2. The van der Waals surface area contributed by atoms with E-state index in [0.29, 0.717) is 38.7 Å². The average molecular weight is 529 g/mol. The molecule has 0 aliphatic heterocycles. The Bertz CT molecular complexity index is 1090. The molecule has 3 rings (SSSR count). The number of benzene rings is 2. The summed E-state index contributed by atoms with van der Waals surface area (Å²) in [4.78, 5) is 8.54. The predicted molar refractivity (Wildman–Crippen MR) is 123 cm³/mol. The Morgan fingerprint density at radius 1 is 1.09 bits per heavy atom. The number of hydrogen-bond acceptors (Lipinski definition) is 9. The quantitative estimate of drug-likeness (QED) is 0.246. The second kappa shape index (κ2) is 10.7. The third kappa shape index (κ3) is 5.46. The maximum Gasteiger partial charge on any atom is 0.141 e. The molecule has 32 heavy (non-hydrogen) atoms. The van der Waals surface area contributed by atoms with Gasteiger partial charge in [-0.2, -0.15) is 0 Å². The summed E-state index contributed by atoms with van der Waals surface area (Å²) in [5, 5.41) is 53.4. The van der Waals surface area contributed by atoms with Gasteiger partial charge >= 0.3 is 0 Å². The van der Waals surface area contributed by atoms with E-state index >= 15 is 0 Å². The first kappa shape index (κ1) is 24.6. The van der Waals surface area contributed by atoms with Crippen LogP contribution >= 0.6 is 27.5 Å². The molecule has 0 spiro atoms. The van der Waals surface area contributed by atoms with Gasteiger partial charge in [-0.15, -0.1) is 0 Å². The summed E-state index contributed by atoms with van der Waals surface area (Å²) < 4.78 is 6.18. The fraction of sp³-hybridized carbons (Fsp3) is 0.333. The third-order valence-electron chi connectivity index (χ3n) is 4.97. The number of aliphatic hydroxyl groups excluding tert-OH is 5. The van der Waals surface area contributed by atoms with Gasteiger partial charge in [0.15, 0.2) is 0 Å². The lowest BCUT2D eigenvalue weighted by Crippen LogP contribution is -2.40. The van der Waals surface area contributed by atoms with Crippen molar-refractivity contribution in [2.75, 3.05) is 19.0 Å². The van der Waals surface area contributed by atoms with Gasteiger partial charge in [0.25, 0.3) is 0 Å². The Morgan fingerprint density at radius 3 is 2.50 bits per heavy atom. The maximum atomic E-state index is 10.7. The van der Waals surface area contributed by atoms with Crippen LogP contribution in [-0.2, 0) is 0 Å². The van der Waals surface area contributed by atoms with E-state index in [9.17, 15) is 20.4 Å². The monoisotopic (exact) mass is 527 g/mol. The molecule has 3 aromatic rings. The number of aromatic nitrogens is 2. The van der Waals surface area contributed by atoms with Crippen molar-refractivity contribution in [3.05, 3.63) is 51.7 Å². The van der Waals surface area contributed by atoms with E-state index < -0.39 is 31.0 Å². The van der Waals surface area contributed by atoms with E-state index in [-0.39, 0.29) is 6.42 Å². The molecule has 0 radical (unpaired) electrons. The van der Waals surface area contributed by atoms with Crippen molar-refractivity contribution in [2.24, 2.45) is 0 Å². The summed E-state index contributed by atoms with van der Waals surface area (Å²) in [6.45, 7) is -0.718. The zero-order chi connectivity index (χ0) is 23.4. The highest BCUT2D eigenvalue weighted by atomic mass is 79.9. The van der Waals surface area contributed by atoms with Crippen LogP contribution in [-0.4, -0.2) is 67.5 Å². The summed E-state index contributed by atoms with van der Waals surface area (Å²) in [6, 6.07) is 8.62. The van der Waals surface area contributed by atoms with Crippen molar-refractivity contribution in [1.82, 2.24) is 9.97 Å². The second-order valence-electron chi connectivity index (χ2n) is 7.15. The van der Waals surface area contributed by atoms with Crippen molar-refractivity contribution < 1.29 is 30.3 Å². The number of nitrogens with zero attached hydrogens (tertiary/aromatic N) is 2. The first-order valence-electron chi connectivity index (χ1n) is 9.63. The number of ether oxygens (including phenoxy) is 1. The van der Waals surface area contributed by atoms with Gasteiger partial charge in [0.2, 0.25) is 0 Å². The molecule has 0 amide bonds. The van der Waals surface area contributed by atoms with Crippen LogP contribution in [0.5, 0.6) is 5.75 Å². The van der Waals surface area contributed by atoms with Crippen LogP contribution in [0.25, 0.3) is 10.9 Å². The molecule has 1 unspecified atom stereocenters. The fourth-order valence-corrected chi connectivity index (χ4v) is 3.63. The number of anilines is 2. The normalized spacial score (nSPS) is 15.2. The molecule has 0 saturated heterocycles. The van der Waals surface area contributed by atoms with Crippen LogP contribution in [0.1, 0.15) is 18.1 Å². The smallest absolute Gasteiger partial charge is 0.141 e. The number of fused-ring (bicyclic) bond motifs is 1. The lowest BCUT2D eigenvalue weighted by Gasteiger charge is -2.24. The highest BCUT2D eigenvalue weighted by Crippen LogP contribution is 2.35. The molecule has 1 aromatic heterocycles. The molecular weight excluding hydrogens is 506 g/mol. The largest absolute Gasteiger partial charge is 0.496 e. The molecule has 0 bridgehead atoms. The van der Waals surface area contributed by atoms with Gasteiger partial charge in [-0.25, -0.2) is 9.97 Å². The molecule has 172 valence electrons. The van der Waals surface area contributed by atoms with Crippen LogP contribution < -0.4 is 10.1 Å². The van der Waals surface area contributed by atoms with Gasteiger partial charge in [0.05, 0.1) is 36.5 Å². The van der Waals surface area contributed by atoms with E-state index in [4.69, 9.17) is 21.4 Å². The van der Waals surface area contributed by atoms with Crippen LogP contribution in [0.15, 0.2) is 41.1 Å². The number of aliphatic hydroxyl groups is 5.